The van der Waals surface area contributed by atoms with Gasteiger partial charge in [0.2, 0.25) is 5.91 Å². The molecule has 49 N–H and O–H groups in total. The molecule has 0 saturated carbocycles. The Kier molecular flexibility index (Phi) is 82.9. The zero-order valence-corrected chi connectivity index (χ0v) is 84.9. The topological polar surface area (TPSA) is 1090 Å². The van der Waals surface area contributed by atoms with Gasteiger partial charge in [0.25, 0.3) is 0 Å². The summed E-state index contributed by atoms with van der Waals surface area (Å²) in [6.45, 7) is 13.4. The molecule has 1 saturated heterocycles. The van der Waals surface area contributed by atoms with Crippen LogP contribution >= 0.6 is 24.4 Å². The highest BCUT2D eigenvalue weighted by molar-refractivity contribution is 7.98. The van der Waals surface area contributed by atoms with Crippen molar-refractivity contribution in [2.24, 2.45) is 115 Å². The third-order valence-corrected chi connectivity index (χ3v) is 20.2. The van der Waals surface area contributed by atoms with Crippen LogP contribution in [0.2, 0.25) is 0 Å². The molecule has 1 aliphatic rings. The van der Waals surface area contributed by atoms with Crippen molar-refractivity contribution >= 4 is 143 Å². The fraction of sp³-hybridized carbons (Fsp3) is 0.544. The molecule has 834 valence electrons. The van der Waals surface area contributed by atoms with E-state index in [0.29, 0.717) is 50.1 Å². The number of aromatic amines is 2. The molecule has 57 heteroatoms. The number of primary amides is 1. The van der Waals surface area contributed by atoms with Crippen LogP contribution in [0.1, 0.15) is 148 Å². The van der Waals surface area contributed by atoms with Crippen LogP contribution in [0, 0.1) is 17.8 Å². The lowest BCUT2D eigenvalue weighted by atomic mass is 10.0. The second-order valence-electron chi connectivity index (χ2n) is 32.6. The van der Waals surface area contributed by atoms with Crippen LogP contribution in [-0.4, -0.2) is 324 Å². The van der Waals surface area contributed by atoms with Gasteiger partial charge in [-0.05, 0) is 149 Å². The maximum Gasteiger partial charge on any atom is 0.334 e. The van der Waals surface area contributed by atoms with Gasteiger partial charge in [0, 0.05) is 60.4 Å². The van der Waals surface area contributed by atoms with E-state index in [1.54, 1.807) is 50.1 Å². The number of nitrogens with two attached hydrogens (primary N) is 17. The second-order valence-corrected chi connectivity index (χ2v) is 34.0. The van der Waals surface area contributed by atoms with Gasteiger partial charge < -0.3 is 193 Å². The molecule has 1 aliphatic heterocycles. The van der Waals surface area contributed by atoms with Gasteiger partial charge in [0.05, 0.1) is 12.9 Å². The number of benzene rings is 3. The number of rotatable bonds is 48. The number of thiol groups is 1. The number of carboxylic acids is 12. The van der Waals surface area contributed by atoms with Gasteiger partial charge >= 0.3 is 101 Å². The number of hydrogen-bond donors (Lipinski definition) is 33. The lowest BCUT2D eigenvalue weighted by Crippen LogP contribution is -2.47. The SMILES string of the molecule is CC(C)C[C@H](N)C(=O)O.CC(C)[C@H](N)C(=O)Oc1ccc(C[C@H](N)C(=O)O[C@H](C)[C@H](N)C(=O)OC(=O)CC[C@H](N)C(=O)O)cc1.CC[C@H](C)[C@H](N)C(=O)O.CSCC[C@H](N)C(=O)O.NC(=O)CC[C@H](N)C(=O)O.NCC(=O)O.NCCCC[C@H](N)C(=O)O.N[C@@H](COC(=O)[C@@H](N)Cc1c[nH]c2ccccc12)C(=O)O.N[C@@H](CS)C(=O)O.N[C@@H](Cc1ccccc1)C(=O)O.N[C@@H](Cc1cnc[nH]1)C(=O)O.O=C(O)[C@@H]1CCCN1. The second kappa shape index (κ2) is 84.2. The average Bonchev–Trinajstić information content (AvgIpc) is 1.81. The van der Waals surface area contributed by atoms with Crippen LogP contribution in [0.3, 0.4) is 0 Å². The van der Waals surface area contributed by atoms with Crippen LogP contribution < -0.4 is 108 Å². The predicted octanol–water partition coefficient (Wildman–Crippen LogP) is -3.62. The predicted molar refractivity (Wildman–Crippen MR) is 542 cm³/mol. The Bertz CT molecular complexity index is 4670. The Morgan fingerprint density at radius 3 is 1.34 bits per heavy atom. The minimum Gasteiger partial charge on any atom is -0.480 e. The minimum atomic E-state index is -1.48. The van der Waals surface area contributed by atoms with Gasteiger partial charge in [-0.1, -0.05) is 115 Å². The highest BCUT2D eigenvalue weighted by Crippen LogP contribution is 2.20. The van der Waals surface area contributed by atoms with Gasteiger partial charge in [-0.3, -0.25) is 76.7 Å². The van der Waals surface area contributed by atoms with Crippen LogP contribution in [0.5, 0.6) is 5.75 Å². The summed E-state index contributed by atoms with van der Waals surface area (Å²) in [7, 11) is 0. The Morgan fingerprint density at radius 2 is 0.946 bits per heavy atom. The molecule has 0 bridgehead atoms. The summed E-state index contributed by atoms with van der Waals surface area (Å²) in [6, 6.07) is 10.1. The molecule has 1 fully saturated rings. The molecular formula is C90H153N21O34S2. The number of unbranched alkanes of at least 4 members (excludes halogenated alkanes) is 1. The van der Waals surface area contributed by atoms with Crippen molar-refractivity contribution in [3.8, 4) is 5.75 Å². The first-order chi connectivity index (χ1) is 68.4. The molecule has 5 aromatic rings. The summed E-state index contributed by atoms with van der Waals surface area (Å²) in [6.07, 6.45) is 12.0. The van der Waals surface area contributed by atoms with E-state index in [4.69, 9.17) is 167 Å². The van der Waals surface area contributed by atoms with Gasteiger partial charge in [0.1, 0.15) is 109 Å². The molecule has 0 aliphatic carbocycles. The zero-order valence-electron chi connectivity index (χ0n) is 83.2. The molecular weight excluding hydrogens is 1980 g/mol. The number of imidazole rings is 1. The van der Waals surface area contributed by atoms with Crippen molar-refractivity contribution in [2.75, 3.05) is 44.0 Å². The largest absolute Gasteiger partial charge is 0.480 e. The van der Waals surface area contributed by atoms with Crippen molar-refractivity contribution in [3.05, 3.63) is 120 Å². The maximum absolute atomic E-state index is 12.3. The summed E-state index contributed by atoms with van der Waals surface area (Å²) in [5, 5.41) is 104. The molecule has 1 amide bonds. The lowest BCUT2D eigenvalue weighted by molar-refractivity contribution is -0.165. The number of carbonyl (C=O) groups is 18. The van der Waals surface area contributed by atoms with E-state index >= 15 is 0 Å². The van der Waals surface area contributed by atoms with E-state index in [1.165, 1.54) is 25.4 Å². The molecule has 0 radical (unpaired) electrons. The summed E-state index contributed by atoms with van der Waals surface area (Å²) in [4.78, 5) is 201. The van der Waals surface area contributed by atoms with E-state index in [1.807, 2.05) is 88.5 Å². The van der Waals surface area contributed by atoms with E-state index in [9.17, 15) is 86.3 Å². The maximum atomic E-state index is 12.3. The molecule has 147 heavy (non-hydrogen) atoms. The number of esters is 5. The number of carbonyl (C=O) groups excluding carboxylic acids is 6. The quantitative estimate of drug-likeness (QED) is 0.00446. The van der Waals surface area contributed by atoms with Crippen LogP contribution in [0.25, 0.3) is 10.9 Å². The van der Waals surface area contributed by atoms with Gasteiger partial charge in [-0.15, -0.1) is 0 Å². The van der Waals surface area contributed by atoms with Gasteiger partial charge in [-0.25, -0.2) is 14.6 Å². The highest BCUT2D eigenvalue weighted by Gasteiger charge is 2.31. The number of fused-ring (bicyclic) bond motifs is 1. The van der Waals surface area contributed by atoms with Crippen molar-refractivity contribution in [1.29, 1.82) is 0 Å². The fourth-order valence-electron chi connectivity index (χ4n) is 9.80. The Labute approximate surface area is 858 Å². The normalized spacial score (nSPS) is 14.5. The van der Waals surface area contributed by atoms with Crippen LogP contribution in [0.15, 0.2) is 97.6 Å². The van der Waals surface area contributed by atoms with Crippen molar-refractivity contribution in [3.63, 3.8) is 0 Å². The molecule has 3 aromatic carbocycles. The van der Waals surface area contributed by atoms with Crippen molar-refractivity contribution < 1.29 is 167 Å². The monoisotopic (exact) mass is 2140 g/mol. The van der Waals surface area contributed by atoms with Gasteiger partial charge in [-0.2, -0.15) is 24.4 Å². The van der Waals surface area contributed by atoms with E-state index in [0.717, 1.165) is 72.1 Å². The molecule has 6 rings (SSSR count). The number of hydrogen-bond acceptors (Lipinski definition) is 42. The number of aliphatic carboxylic acids is 12. The average molecular weight is 2140 g/mol. The van der Waals surface area contributed by atoms with Crippen molar-refractivity contribution in [1.82, 2.24) is 20.3 Å². The molecule has 0 spiro atoms. The molecule has 55 nitrogen and oxygen atoms in total. The number of aromatic nitrogens is 3. The van der Waals surface area contributed by atoms with E-state index in [-0.39, 0.29) is 68.0 Å². The molecule has 17 atom stereocenters. The number of carboxylic acid groups (broad SMARTS) is 12. The van der Waals surface area contributed by atoms with Crippen LogP contribution in [0.4, 0.5) is 0 Å². The van der Waals surface area contributed by atoms with E-state index < -0.39 is 211 Å². The van der Waals surface area contributed by atoms with Crippen LogP contribution in [-0.2, 0) is 126 Å². The third-order valence-electron chi connectivity index (χ3n) is 19.1. The number of nitrogens with one attached hydrogen (secondary N) is 3. The summed E-state index contributed by atoms with van der Waals surface area (Å²) in [5.74, 6) is -15.1. The number of H-pyrrole nitrogens is 2. The Hall–Kier alpha value is -12.9. The summed E-state index contributed by atoms with van der Waals surface area (Å²) in [5.41, 5.74) is 93.9. The van der Waals surface area contributed by atoms with Crippen molar-refractivity contribution in [2.45, 2.75) is 248 Å². The summed E-state index contributed by atoms with van der Waals surface area (Å²) >= 11 is 5.25. The zero-order chi connectivity index (χ0) is 115. The lowest BCUT2D eigenvalue weighted by Gasteiger charge is -2.21. The number of amides is 1. The molecule has 3 heterocycles. The third kappa shape index (κ3) is 76.3. The Balaban J connectivity index is -0.000000389. The fourth-order valence-corrected chi connectivity index (χ4v) is 10.4. The number of nitrogens with zero attached hydrogens (tertiary/aromatic N) is 1. The molecule has 0 unspecified atom stereocenters. The standard InChI is InChI=1S/C23H34N4O9.C14H17N3O4.C9H11NO2.C6H9N3O2.C6H14N2O2.2C6H13NO2.C5H10N2O3.C5H11NO2S.C5H9NO2.C3H7NO2S.C2H5NO2/c1-11(2)18(26)22(32)35-14-6-4-13(5-7-14)10-16(25)21(31)34-12(3)19(27)23(33)36-17(28)9-8-15(24)20(29)30;15-10(14(20)21-7-11(16)13(18)19)5-8-6-17-12-4-2-1-3-9(8)12;10-8(9(11)12)6-7-4-2-1-3-5-7;7-5(6(10)11)1-4-2-8-3-9-4;7-4-2-1-3-5(8)6(9)10;1-4(2)3-5(7)6(8)9;1-3-4(2)5(7)6(8)9;6-3(5(9)10)1-2-4(7)8;1-9-3-2-4(6)5(7)8;7-5(8)4-2-1-3-6-4;4-2(1-7)3(5)6;3-1-2(4)5/h4-7,11-12,15-16,18-19H,8-10,24-27H2,1-3H3,(H,29,30);1-4,6,10-11,17H,5,7,15-16H2,(H,18,19);1-5,8H,6,10H2,(H,11,12);2-3,5H,1,7H2,(H,8,9)(H,10,11);5H,1-4,7-8H2,(H,9,10);2*4-5H,3,7H2,1-2H3,(H,8,9);3H,1-2,6H2,(H2,7,8)(H,9,10);4H,2-3,6H2,1H3,(H,7,8);4,6H,1-3H2,(H,7,8);2,7H,1,4H2,(H,5,6);1,3H2,(H,4,5)/t12-,15+,16+,18+,19+;10-,11-;8-;3*5-;4-,5-;3-;2*4-;2-;/m10000000000./s1. The summed E-state index contributed by atoms with van der Waals surface area (Å²) < 4.78 is 19.7. The van der Waals surface area contributed by atoms with Gasteiger partial charge in [0.15, 0.2) is 0 Å². The number of thioether (sulfide) groups is 1. The first-order valence-electron chi connectivity index (χ1n) is 45.2. The first kappa shape index (κ1) is 145. The minimum absolute atomic E-state index is 0.0213. The molecule has 2 aromatic heterocycles. The number of ether oxygens (including phenoxy) is 4. The highest BCUT2D eigenvalue weighted by atomic mass is 32.2. The Morgan fingerprint density at radius 1 is 0.483 bits per heavy atom. The smallest absolute Gasteiger partial charge is 0.334 e. The first-order valence-corrected chi connectivity index (χ1v) is 47.2. The number of para-hydroxylation sites is 1. The van der Waals surface area contributed by atoms with E-state index in [2.05, 4.69) is 43.4 Å².